The molecule has 224 valence electrons. The van der Waals surface area contributed by atoms with Crippen molar-refractivity contribution < 1.29 is 32.3 Å². The van der Waals surface area contributed by atoms with E-state index in [4.69, 9.17) is 9.57 Å². The van der Waals surface area contributed by atoms with Crippen LogP contribution >= 0.6 is 0 Å². The molecular weight excluding hydrogens is 553 g/mol. The van der Waals surface area contributed by atoms with E-state index in [1.807, 2.05) is 27.7 Å². The van der Waals surface area contributed by atoms with E-state index in [0.717, 1.165) is 6.07 Å². The average molecular weight is 587 g/mol. The standard InChI is InChI=1S/C29H33F3N6O4/c1-18-6-7-21(14-23(18)29(30,31)32)36-27(40)35-20-8-10-22(11-9-20)41-25-15-24(33-17-34-25)38-13-12-37(16-19(38)2)42-26(39)28(3,4)5/h6-11,14-15,17,19H,12-13,16H2,1-5H3,(H2,35,36,40). The molecule has 1 aromatic heterocycles. The lowest BCUT2D eigenvalue weighted by molar-refractivity contribution is -0.203. The largest absolute Gasteiger partial charge is 0.439 e. The summed E-state index contributed by atoms with van der Waals surface area (Å²) in [5.41, 5.74) is -0.911. The zero-order valence-corrected chi connectivity index (χ0v) is 24.0. The third-order valence-corrected chi connectivity index (χ3v) is 6.47. The third-order valence-electron chi connectivity index (χ3n) is 6.47. The first-order valence-corrected chi connectivity index (χ1v) is 13.3. The molecule has 10 nitrogen and oxygen atoms in total. The zero-order valence-electron chi connectivity index (χ0n) is 24.0. The summed E-state index contributed by atoms with van der Waals surface area (Å²) in [6, 6.07) is 11.0. The number of hydroxylamine groups is 2. The number of urea groups is 1. The van der Waals surface area contributed by atoms with Crippen LogP contribution in [0.3, 0.4) is 0 Å². The number of piperazine rings is 1. The van der Waals surface area contributed by atoms with Gasteiger partial charge in [0, 0.05) is 30.0 Å². The van der Waals surface area contributed by atoms with Gasteiger partial charge in [-0.3, -0.25) is 0 Å². The molecule has 1 aliphatic heterocycles. The van der Waals surface area contributed by atoms with E-state index in [2.05, 4.69) is 25.5 Å². The van der Waals surface area contributed by atoms with Crippen LogP contribution in [-0.4, -0.2) is 52.7 Å². The number of alkyl halides is 3. The molecule has 1 aliphatic rings. The van der Waals surface area contributed by atoms with Crippen LogP contribution in [0.2, 0.25) is 0 Å². The predicted molar refractivity (Wildman–Crippen MR) is 151 cm³/mol. The highest BCUT2D eigenvalue weighted by Crippen LogP contribution is 2.33. The summed E-state index contributed by atoms with van der Waals surface area (Å²) in [6.45, 7) is 10.4. The van der Waals surface area contributed by atoms with E-state index in [1.54, 1.807) is 35.4 Å². The van der Waals surface area contributed by atoms with Crippen molar-refractivity contribution in [1.82, 2.24) is 15.0 Å². The number of nitrogens with one attached hydrogen (secondary N) is 2. The first-order chi connectivity index (χ1) is 19.7. The summed E-state index contributed by atoms with van der Waals surface area (Å²) < 4.78 is 45.4. The van der Waals surface area contributed by atoms with Gasteiger partial charge in [0.25, 0.3) is 0 Å². The number of hydrogen-bond donors (Lipinski definition) is 2. The van der Waals surface area contributed by atoms with Gasteiger partial charge in [-0.25, -0.2) is 19.6 Å². The van der Waals surface area contributed by atoms with Gasteiger partial charge in [0.2, 0.25) is 5.88 Å². The number of aryl methyl sites for hydroxylation is 1. The zero-order chi connectivity index (χ0) is 30.7. The van der Waals surface area contributed by atoms with Gasteiger partial charge in [-0.2, -0.15) is 13.2 Å². The Morgan fingerprint density at radius 3 is 2.26 bits per heavy atom. The molecule has 1 fully saturated rings. The molecule has 42 heavy (non-hydrogen) atoms. The van der Waals surface area contributed by atoms with Crippen molar-refractivity contribution in [1.29, 1.82) is 0 Å². The van der Waals surface area contributed by atoms with Crippen LogP contribution in [0.4, 0.5) is 35.2 Å². The fourth-order valence-electron chi connectivity index (χ4n) is 4.17. The van der Waals surface area contributed by atoms with Crippen molar-refractivity contribution in [3.63, 3.8) is 0 Å². The molecule has 3 aromatic rings. The number of nitrogens with zero attached hydrogens (tertiary/aromatic N) is 4. The Morgan fingerprint density at radius 2 is 1.62 bits per heavy atom. The minimum atomic E-state index is -4.52. The van der Waals surface area contributed by atoms with E-state index >= 15 is 0 Å². The van der Waals surface area contributed by atoms with E-state index in [0.29, 0.717) is 42.8 Å². The number of rotatable bonds is 6. The maximum atomic E-state index is 13.2. The van der Waals surface area contributed by atoms with E-state index in [1.165, 1.54) is 25.4 Å². The number of carbonyl (C=O) groups excluding carboxylic acids is 2. The molecule has 0 saturated carbocycles. The number of amides is 2. The molecule has 1 unspecified atom stereocenters. The van der Waals surface area contributed by atoms with Crippen LogP contribution in [0.5, 0.6) is 11.6 Å². The Kier molecular flexibility index (Phi) is 8.90. The Hall–Kier alpha value is -4.39. The Bertz CT molecular complexity index is 1430. The van der Waals surface area contributed by atoms with Crippen LogP contribution in [0.1, 0.15) is 38.8 Å². The molecular formula is C29H33F3N6O4. The molecule has 2 amide bonds. The lowest BCUT2D eigenvalue weighted by atomic mass is 9.98. The Morgan fingerprint density at radius 1 is 0.952 bits per heavy atom. The molecule has 0 radical (unpaired) electrons. The highest BCUT2D eigenvalue weighted by atomic mass is 19.4. The van der Waals surface area contributed by atoms with E-state index in [-0.39, 0.29) is 23.3 Å². The van der Waals surface area contributed by atoms with E-state index in [9.17, 15) is 22.8 Å². The van der Waals surface area contributed by atoms with E-state index < -0.39 is 23.2 Å². The lowest BCUT2D eigenvalue weighted by Crippen LogP contribution is -2.53. The molecule has 0 bridgehead atoms. The second kappa shape index (κ2) is 12.2. The topological polar surface area (TPSA) is 109 Å². The monoisotopic (exact) mass is 586 g/mol. The number of halogens is 3. The van der Waals surface area contributed by atoms with Crippen LogP contribution in [0.15, 0.2) is 54.9 Å². The lowest BCUT2D eigenvalue weighted by Gasteiger charge is -2.39. The van der Waals surface area contributed by atoms with Crippen molar-refractivity contribution in [2.75, 3.05) is 35.2 Å². The molecule has 13 heteroatoms. The second-order valence-electron chi connectivity index (χ2n) is 11.0. The number of anilines is 3. The minimum absolute atomic E-state index is 0.00531. The molecule has 4 rings (SSSR count). The fraction of sp³-hybridized carbons (Fsp3) is 0.379. The third kappa shape index (κ3) is 7.87. The van der Waals surface area contributed by atoms with Gasteiger partial charge in [0.1, 0.15) is 17.9 Å². The smallest absolute Gasteiger partial charge is 0.416 e. The van der Waals surface area contributed by atoms with Crippen molar-refractivity contribution in [3.05, 3.63) is 66.0 Å². The number of aromatic nitrogens is 2. The van der Waals surface area contributed by atoms with Crippen molar-refractivity contribution in [2.24, 2.45) is 5.41 Å². The maximum absolute atomic E-state index is 13.2. The fourth-order valence-corrected chi connectivity index (χ4v) is 4.17. The molecule has 2 N–H and O–H groups in total. The second-order valence-corrected chi connectivity index (χ2v) is 11.0. The van der Waals surface area contributed by atoms with Gasteiger partial charge in [-0.1, -0.05) is 6.07 Å². The van der Waals surface area contributed by atoms with Gasteiger partial charge >= 0.3 is 18.2 Å². The SMILES string of the molecule is Cc1ccc(NC(=O)Nc2ccc(Oc3cc(N4CCN(OC(=O)C(C)(C)C)CC4C)ncn3)cc2)cc1C(F)(F)F. The first-order valence-electron chi connectivity index (χ1n) is 13.3. The van der Waals surface area contributed by atoms with Crippen molar-refractivity contribution in [3.8, 4) is 11.6 Å². The summed E-state index contributed by atoms with van der Waals surface area (Å²) in [4.78, 5) is 40.8. The summed E-state index contributed by atoms with van der Waals surface area (Å²) in [7, 11) is 0. The molecule has 2 heterocycles. The van der Waals surface area contributed by atoms with Crippen molar-refractivity contribution >= 4 is 29.2 Å². The molecule has 2 aromatic carbocycles. The molecule has 1 saturated heterocycles. The van der Waals surface area contributed by atoms with Gasteiger partial charge in [-0.05, 0) is 76.6 Å². The highest BCUT2D eigenvalue weighted by Gasteiger charge is 2.33. The van der Waals surface area contributed by atoms with Crippen LogP contribution in [-0.2, 0) is 15.8 Å². The van der Waals surface area contributed by atoms with Crippen LogP contribution in [0.25, 0.3) is 0 Å². The number of carbonyl (C=O) groups is 2. The first kappa shape index (κ1) is 30.6. The number of hydrogen-bond acceptors (Lipinski definition) is 8. The summed E-state index contributed by atoms with van der Waals surface area (Å²) in [5.74, 6) is 1.14. The van der Waals surface area contributed by atoms with Gasteiger partial charge in [0.15, 0.2) is 0 Å². The normalized spacial score (nSPS) is 16.1. The summed E-state index contributed by atoms with van der Waals surface area (Å²) >= 11 is 0. The molecule has 0 spiro atoms. The van der Waals surface area contributed by atoms with Gasteiger partial charge in [0.05, 0.1) is 24.1 Å². The predicted octanol–water partition coefficient (Wildman–Crippen LogP) is 6.25. The summed E-state index contributed by atoms with van der Waals surface area (Å²) in [5, 5.41) is 6.66. The maximum Gasteiger partial charge on any atom is 0.416 e. The highest BCUT2D eigenvalue weighted by molar-refractivity contribution is 5.99. The quantitative estimate of drug-likeness (QED) is 0.349. The van der Waals surface area contributed by atoms with Gasteiger partial charge < -0.3 is 25.1 Å². The average Bonchev–Trinajstić information content (AvgIpc) is 2.90. The minimum Gasteiger partial charge on any atom is -0.439 e. The molecule has 0 aliphatic carbocycles. The molecule has 1 atom stereocenters. The number of benzene rings is 2. The number of ether oxygens (including phenoxy) is 1. The van der Waals surface area contributed by atoms with Crippen LogP contribution in [0, 0.1) is 12.3 Å². The Balaban J connectivity index is 1.33. The summed E-state index contributed by atoms with van der Waals surface area (Å²) in [6.07, 6.45) is -3.12. The van der Waals surface area contributed by atoms with Gasteiger partial charge in [-0.15, -0.1) is 5.06 Å². The van der Waals surface area contributed by atoms with Crippen LogP contribution < -0.4 is 20.3 Å². The van der Waals surface area contributed by atoms with Crippen molar-refractivity contribution in [2.45, 2.75) is 46.8 Å². The Labute approximate surface area is 241 Å².